The van der Waals surface area contributed by atoms with Gasteiger partial charge >= 0.3 is 0 Å². The summed E-state index contributed by atoms with van der Waals surface area (Å²) < 4.78 is 7.20. The second-order valence-corrected chi connectivity index (χ2v) is 7.83. The van der Waals surface area contributed by atoms with Gasteiger partial charge in [0.1, 0.15) is 5.76 Å². The first-order valence-corrected chi connectivity index (χ1v) is 10.1. The Kier molecular flexibility index (Phi) is 5.39. The van der Waals surface area contributed by atoms with Crippen LogP contribution in [0.5, 0.6) is 0 Å². The lowest BCUT2D eigenvalue weighted by molar-refractivity contribution is 0.392. The smallest absolute Gasteiger partial charge is 0.196 e. The Labute approximate surface area is 175 Å². The van der Waals surface area contributed by atoms with Gasteiger partial charge in [0.15, 0.2) is 11.0 Å². The molecular weight excluding hydrogens is 417 g/mol. The highest BCUT2D eigenvalue weighted by Gasteiger charge is 2.19. The van der Waals surface area contributed by atoms with E-state index in [1.165, 1.54) is 0 Å². The van der Waals surface area contributed by atoms with E-state index in [0.717, 1.165) is 33.4 Å². The predicted molar refractivity (Wildman–Crippen MR) is 110 cm³/mol. The molecule has 3 aromatic heterocycles. The van der Waals surface area contributed by atoms with Gasteiger partial charge in [0, 0.05) is 29.3 Å². The third-order valence-corrected chi connectivity index (χ3v) is 5.94. The molecule has 4 aromatic rings. The van der Waals surface area contributed by atoms with E-state index < -0.39 is 0 Å². The van der Waals surface area contributed by atoms with Crippen LogP contribution in [-0.2, 0) is 5.75 Å². The van der Waals surface area contributed by atoms with E-state index in [9.17, 15) is 0 Å². The summed E-state index contributed by atoms with van der Waals surface area (Å²) in [6.07, 6.45) is 3.47. The highest BCUT2D eigenvalue weighted by Crippen LogP contribution is 2.33. The van der Waals surface area contributed by atoms with Crippen molar-refractivity contribution in [3.63, 3.8) is 0 Å². The molecule has 0 saturated heterocycles. The first-order valence-electron chi connectivity index (χ1n) is 8.40. The minimum absolute atomic E-state index is 0.465. The maximum atomic E-state index is 6.26. The van der Waals surface area contributed by atoms with Crippen LogP contribution in [-0.4, -0.2) is 24.9 Å². The minimum atomic E-state index is 0.465. The number of benzene rings is 1. The molecule has 3 heterocycles. The van der Waals surface area contributed by atoms with Crippen molar-refractivity contribution in [3.8, 4) is 17.1 Å². The molecule has 6 nitrogen and oxygen atoms in total. The van der Waals surface area contributed by atoms with Crippen LogP contribution in [0, 0.1) is 13.8 Å². The van der Waals surface area contributed by atoms with Crippen LogP contribution in [0.15, 0.2) is 52.4 Å². The average Bonchev–Trinajstić information content (AvgIpc) is 3.26. The van der Waals surface area contributed by atoms with Crippen molar-refractivity contribution in [2.24, 2.45) is 0 Å². The number of hydrogen-bond acceptors (Lipinski definition) is 6. The molecule has 0 aliphatic carbocycles. The van der Waals surface area contributed by atoms with E-state index in [2.05, 4.69) is 20.3 Å². The van der Waals surface area contributed by atoms with E-state index >= 15 is 0 Å². The first kappa shape index (κ1) is 19.0. The molecule has 0 radical (unpaired) electrons. The molecule has 1 aromatic carbocycles. The number of aryl methyl sites for hydroxylation is 2. The fourth-order valence-electron chi connectivity index (χ4n) is 2.75. The molecule has 0 aliphatic rings. The Balaban J connectivity index is 1.78. The summed E-state index contributed by atoms with van der Waals surface area (Å²) >= 11 is 13.9. The summed E-state index contributed by atoms with van der Waals surface area (Å²) in [5, 5.41) is 14.5. The van der Waals surface area contributed by atoms with Gasteiger partial charge in [-0.25, -0.2) is 0 Å². The SMILES string of the molecule is Cc1noc(C)c1CSc1nnc(-c2cccnc2)n1-c1ccc(Cl)c(Cl)c1. The molecule has 0 fully saturated rings. The number of thioether (sulfide) groups is 1. The Morgan fingerprint density at radius 3 is 2.64 bits per heavy atom. The van der Waals surface area contributed by atoms with E-state index in [4.69, 9.17) is 27.7 Å². The molecule has 0 saturated carbocycles. The topological polar surface area (TPSA) is 69.6 Å². The predicted octanol–water partition coefficient (Wildman–Crippen LogP) is 5.53. The molecule has 0 atom stereocenters. The monoisotopic (exact) mass is 431 g/mol. The Bertz CT molecular complexity index is 1110. The van der Waals surface area contributed by atoms with Crippen LogP contribution in [0.1, 0.15) is 17.0 Å². The fraction of sp³-hybridized carbons (Fsp3) is 0.158. The maximum absolute atomic E-state index is 6.26. The van der Waals surface area contributed by atoms with Gasteiger partial charge in [-0.3, -0.25) is 9.55 Å². The molecule has 0 aliphatic heterocycles. The summed E-state index contributed by atoms with van der Waals surface area (Å²) in [7, 11) is 0. The summed E-state index contributed by atoms with van der Waals surface area (Å²) in [5.41, 5.74) is 3.60. The zero-order valence-corrected chi connectivity index (χ0v) is 17.4. The molecule has 0 amide bonds. The van der Waals surface area contributed by atoms with Crippen LogP contribution < -0.4 is 0 Å². The van der Waals surface area contributed by atoms with Crippen molar-refractivity contribution in [2.45, 2.75) is 24.8 Å². The van der Waals surface area contributed by atoms with Crippen molar-refractivity contribution in [1.29, 1.82) is 0 Å². The summed E-state index contributed by atoms with van der Waals surface area (Å²) in [4.78, 5) is 4.19. The largest absolute Gasteiger partial charge is 0.361 e. The second-order valence-electron chi connectivity index (χ2n) is 6.07. The van der Waals surface area contributed by atoms with E-state index in [0.29, 0.717) is 21.6 Å². The molecular formula is C19H15Cl2N5OS. The van der Waals surface area contributed by atoms with Crippen molar-refractivity contribution < 1.29 is 4.52 Å². The van der Waals surface area contributed by atoms with Crippen LogP contribution in [0.25, 0.3) is 17.1 Å². The van der Waals surface area contributed by atoms with Gasteiger partial charge in [-0.15, -0.1) is 10.2 Å². The fourth-order valence-corrected chi connectivity index (χ4v) is 4.14. The van der Waals surface area contributed by atoms with Gasteiger partial charge < -0.3 is 4.52 Å². The zero-order valence-electron chi connectivity index (χ0n) is 15.1. The Morgan fingerprint density at radius 1 is 1.11 bits per heavy atom. The standard InChI is InChI=1S/C19H15Cl2N5OS/c1-11-15(12(2)27-25-11)10-28-19-24-23-18(13-4-3-7-22-9-13)26(19)14-5-6-16(20)17(21)8-14/h3-9H,10H2,1-2H3. The Morgan fingerprint density at radius 2 is 1.96 bits per heavy atom. The molecule has 28 heavy (non-hydrogen) atoms. The number of nitrogens with zero attached hydrogens (tertiary/aromatic N) is 5. The number of pyridine rings is 1. The molecule has 0 N–H and O–H groups in total. The molecule has 0 bridgehead atoms. The third kappa shape index (κ3) is 3.65. The summed E-state index contributed by atoms with van der Waals surface area (Å²) in [5.74, 6) is 2.14. The van der Waals surface area contributed by atoms with Crippen LogP contribution in [0.2, 0.25) is 10.0 Å². The van der Waals surface area contributed by atoms with Gasteiger partial charge in [0.25, 0.3) is 0 Å². The highest BCUT2D eigenvalue weighted by atomic mass is 35.5. The van der Waals surface area contributed by atoms with Gasteiger partial charge in [0.05, 0.1) is 21.4 Å². The number of aromatic nitrogens is 5. The second kappa shape index (κ2) is 7.95. The van der Waals surface area contributed by atoms with Gasteiger partial charge in [-0.1, -0.05) is 40.1 Å². The maximum Gasteiger partial charge on any atom is 0.196 e. The quantitative estimate of drug-likeness (QED) is 0.386. The molecule has 9 heteroatoms. The Hall–Kier alpha value is -2.35. The summed E-state index contributed by atoms with van der Waals surface area (Å²) in [6, 6.07) is 9.24. The van der Waals surface area contributed by atoms with Crippen molar-refractivity contribution in [1.82, 2.24) is 24.9 Å². The molecule has 0 unspecified atom stereocenters. The lowest BCUT2D eigenvalue weighted by Gasteiger charge is -2.11. The lowest BCUT2D eigenvalue weighted by Crippen LogP contribution is -2.00. The van der Waals surface area contributed by atoms with E-state index in [-0.39, 0.29) is 0 Å². The van der Waals surface area contributed by atoms with E-state index in [1.807, 2.05) is 36.6 Å². The minimum Gasteiger partial charge on any atom is -0.361 e. The third-order valence-electron chi connectivity index (χ3n) is 4.24. The van der Waals surface area contributed by atoms with Crippen LogP contribution in [0.3, 0.4) is 0 Å². The number of halogens is 2. The zero-order chi connectivity index (χ0) is 19.7. The highest BCUT2D eigenvalue weighted by molar-refractivity contribution is 7.98. The molecule has 142 valence electrons. The van der Waals surface area contributed by atoms with Crippen molar-refractivity contribution >= 4 is 35.0 Å². The summed E-state index contributed by atoms with van der Waals surface area (Å²) in [6.45, 7) is 3.83. The molecule has 4 rings (SSSR count). The first-order chi connectivity index (χ1) is 13.5. The molecule has 0 spiro atoms. The van der Waals surface area contributed by atoms with Gasteiger partial charge in [-0.05, 0) is 44.2 Å². The average molecular weight is 432 g/mol. The van der Waals surface area contributed by atoms with Gasteiger partial charge in [-0.2, -0.15) is 0 Å². The van der Waals surface area contributed by atoms with Crippen LogP contribution >= 0.6 is 35.0 Å². The van der Waals surface area contributed by atoms with Crippen LogP contribution in [0.4, 0.5) is 0 Å². The van der Waals surface area contributed by atoms with Crippen molar-refractivity contribution in [3.05, 3.63) is 69.8 Å². The normalized spacial score (nSPS) is 11.1. The number of hydrogen-bond donors (Lipinski definition) is 0. The van der Waals surface area contributed by atoms with E-state index in [1.54, 1.807) is 36.3 Å². The number of rotatable bonds is 5. The van der Waals surface area contributed by atoms with Gasteiger partial charge in [0.2, 0.25) is 0 Å². The lowest BCUT2D eigenvalue weighted by atomic mass is 10.2. The van der Waals surface area contributed by atoms with Crippen molar-refractivity contribution in [2.75, 3.05) is 0 Å².